The van der Waals surface area contributed by atoms with Crippen molar-refractivity contribution in [3.63, 3.8) is 0 Å². The molecule has 15 heteroatoms. The number of anilines is 1. The molecule has 0 saturated carbocycles. The number of fused-ring (bicyclic) bond motifs is 1. The van der Waals surface area contributed by atoms with Crippen molar-refractivity contribution < 1.29 is 37.4 Å². The van der Waals surface area contributed by atoms with E-state index in [0.29, 0.717) is 17.3 Å². The molecule has 0 aliphatic carbocycles. The van der Waals surface area contributed by atoms with Gasteiger partial charge in [0.05, 0.1) is 12.7 Å². The van der Waals surface area contributed by atoms with Gasteiger partial charge in [0.25, 0.3) is 0 Å². The maximum Gasteiger partial charge on any atom is 0.459 e. The third kappa shape index (κ3) is 6.51. The molecule has 4 atom stereocenters. The minimum Gasteiger partial charge on any atom is -0.462 e. The number of esters is 1. The Balaban J connectivity index is 1.45. The van der Waals surface area contributed by atoms with Crippen LogP contribution >= 0.6 is 19.5 Å². The summed E-state index contributed by atoms with van der Waals surface area (Å²) in [6, 6.07) is 5.15. The standard InChI is InChI=1S/C21H27N4O9PS/c1-12(2)32-20(26)13(3)24-35(28,34-14-4-5-15-16(8-14)30-11-29-15)31-9-19-33-18(10-36-19)25-7-6-17(22)23-21(25)27/h4-8,12-13,18-19H,9-11H2,1-3H3,(H,24,28)(H2,22,23,27)/t13-,18+,19-,35-/m0/s1. The highest BCUT2D eigenvalue weighted by Crippen LogP contribution is 2.48. The third-order valence-corrected chi connectivity index (χ3v) is 7.64. The van der Waals surface area contributed by atoms with Gasteiger partial charge in [-0.25, -0.2) is 9.36 Å². The Hall–Kier alpha value is -2.77. The van der Waals surface area contributed by atoms with E-state index in [2.05, 4.69) is 10.1 Å². The number of thioether (sulfide) groups is 1. The molecular formula is C21H27N4O9PS. The summed E-state index contributed by atoms with van der Waals surface area (Å²) < 4.78 is 48.0. The van der Waals surface area contributed by atoms with E-state index >= 15 is 0 Å². The van der Waals surface area contributed by atoms with Gasteiger partial charge in [-0.15, -0.1) is 11.8 Å². The number of ether oxygens (including phenoxy) is 4. The van der Waals surface area contributed by atoms with Crippen LogP contribution in [0.15, 0.2) is 35.3 Å². The molecule has 1 aromatic heterocycles. The molecule has 2 aromatic rings. The second kappa shape index (κ2) is 11.1. The predicted octanol–water partition coefficient (Wildman–Crippen LogP) is 2.28. The summed E-state index contributed by atoms with van der Waals surface area (Å²) in [5, 5.41) is 2.62. The number of hydrogen-bond acceptors (Lipinski definition) is 12. The summed E-state index contributed by atoms with van der Waals surface area (Å²) in [7, 11) is -4.12. The second-order valence-electron chi connectivity index (χ2n) is 8.13. The van der Waals surface area contributed by atoms with Crippen molar-refractivity contribution in [1.82, 2.24) is 14.6 Å². The van der Waals surface area contributed by atoms with E-state index in [9.17, 15) is 14.2 Å². The Morgan fingerprint density at radius 2 is 2.08 bits per heavy atom. The van der Waals surface area contributed by atoms with Crippen LogP contribution in [0.3, 0.4) is 0 Å². The maximum absolute atomic E-state index is 13.7. The summed E-state index contributed by atoms with van der Waals surface area (Å²) in [5.74, 6) is 1.04. The van der Waals surface area contributed by atoms with Crippen molar-refractivity contribution in [2.75, 3.05) is 24.9 Å². The molecule has 0 amide bonds. The number of nitrogens with two attached hydrogens (primary N) is 1. The highest BCUT2D eigenvalue weighted by Gasteiger charge is 2.36. The van der Waals surface area contributed by atoms with Crippen molar-refractivity contribution in [1.29, 1.82) is 0 Å². The van der Waals surface area contributed by atoms with Gasteiger partial charge < -0.3 is 29.2 Å². The minimum absolute atomic E-state index is 0.0628. The van der Waals surface area contributed by atoms with Gasteiger partial charge in [-0.3, -0.25) is 13.9 Å². The minimum atomic E-state index is -4.12. The molecule has 3 heterocycles. The summed E-state index contributed by atoms with van der Waals surface area (Å²) in [4.78, 5) is 28.1. The van der Waals surface area contributed by atoms with Gasteiger partial charge in [-0.05, 0) is 39.0 Å². The average molecular weight is 543 g/mol. The lowest BCUT2D eigenvalue weighted by Gasteiger charge is -2.24. The molecule has 3 N–H and O–H groups in total. The van der Waals surface area contributed by atoms with Crippen LogP contribution in [0.2, 0.25) is 0 Å². The largest absolute Gasteiger partial charge is 0.462 e. The fourth-order valence-corrected chi connectivity index (χ4v) is 5.84. The second-order valence-corrected chi connectivity index (χ2v) is 11.0. The number of carbonyl (C=O) groups is 1. The lowest BCUT2D eigenvalue weighted by atomic mass is 10.3. The number of nitrogen functional groups attached to an aromatic ring is 1. The lowest BCUT2D eigenvalue weighted by Crippen LogP contribution is -2.36. The quantitative estimate of drug-likeness (QED) is 0.332. The van der Waals surface area contributed by atoms with Gasteiger partial charge in [-0.2, -0.15) is 10.1 Å². The fourth-order valence-electron chi connectivity index (χ4n) is 3.27. The Bertz CT molecular complexity index is 1210. The predicted molar refractivity (Wildman–Crippen MR) is 130 cm³/mol. The molecule has 0 spiro atoms. The number of hydrogen-bond donors (Lipinski definition) is 2. The number of nitrogens with one attached hydrogen (secondary N) is 1. The lowest BCUT2D eigenvalue weighted by molar-refractivity contribution is -0.149. The van der Waals surface area contributed by atoms with Crippen LogP contribution in [0.4, 0.5) is 5.82 Å². The topological polar surface area (TPSA) is 162 Å². The van der Waals surface area contributed by atoms with Crippen molar-refractivity contribution in [2.24, 2.45) is 0 Å². The van der Waals surface area contributed by atoms with Gasteiger partial charge in [0.15, 0.2) is 11.5 Å². The van der Waals surface area contributed by atoms with E-state index < -0.39 is 37.1 Å². The fraction of sp³-hybridized carbons (Fsp3) is 0.476. The van der Waals surface area contributed by atoms with Crippen LogP contribution in [-0.4, -0.2) is 52.3 Å². The summed E-state index contributed by atoms with van der Waals surface area (Å²) in [6.07, 6.45) is 0.533. The molecule has 0 unspecified atom stereocenters. The van der Waals surface area contributed by atoms with Crippen molar-refractivity contribution >= 4 is 31.3 Å². The third-order valence-electron chi connectivity index (χ3n) is 4.90. The first-order valence-corrected chi connectivity index (χ1v) is 13.6. The number of nitrogens with zero attached hydrogens (tertiary/aromatic N) is 2. The van der Waals surface area contributed by atoms with Crippen molar-refractivity contribution in [2.45, 2.75) is 44.6 Å². The van der Waals surface area contributed by atoms with E-state index in [0.717, 1.165) is 0 Å². The Labute approximate surface area is 211 Å². The van der Waals surface area contributed by atoms with E-state index in [4.69, 9.17) is 33.7 Å². The first-order chi connectivity index (χ1) is 17.1. The van der Waals surface area contributed by atoms with Crippen molar-refractivity contribution in [3.8, 4) is 17.2 Å². The molecule has 1 fully saturated rings. The first-order valence-electron chi connectivity index (χ1n) is 11.1. The van der Waals surface area contributed by atoms with Crippen LogP contribution in [0.25, 0.3) is 0 Å². The molecule has 2 aliphatic heterocycles. The van der Waals surface area contributed by atoms with Gasteiger partial charge in [0.2, 0.25) is 6.79 Å². The molecular weight excluding hydrogens is 515 g/mol. The zero-order valence-corrected chi connectivity index (χ0v) is 21.5. The average Bonchev–Trinajstić information content (AvgIpc) is 3.46. The monoisotopic (exact) mass is 542 g/mol. The smallest absolute Gasteiger partial charge is 0.459 e. The van der Waals surface area contributed by atoms with Gasteiger partial charge in [-0.1, -0.05) is 0 Å². The van der Waals surface area contributed by atoms with E-state index in [1.807, 2.05) is 0 Å². The van der Waals surface area contributed by atoms with E-state index in [-0.39, 0.29) is 31.1 Å². The number of benzene rings is 1. The molecule has 2 aliphatic rings. The number of rotatable bonds is 10. The first kappa shape index (κ1) is 26.3. The van der Waals surface area contributed by atoms with Crippen LogP contribution in [0.5, 0.6) is 17.2 Å². The molecule has 0 radical (unpaired) electrons. The van der Waals surface area contributed by atoms with Crippen molar-refractivity contribution in [3.05, 3.63) is 40.9 Å². The van der Waals surface area contributed by atoms with Crippen LogP contribution < -0.4 is 30.5 Å². The van der Waals surface area contributed by atoms with Gasteiger partial charge >= 0.3 is 19.4 Å². The summed E-state index contributed by atoms with van der Waals surface area (Å²) >= 11 is 1.36. The van der Waals surface area contributed by atoms with Crippen LogP contribution in [0.1, 0.15) is 27.0 Å². The molecule has 4 rings (SSSR count). The SMILES string of the molecule is CC(C)OC(=O)[C@H](C)N[P@](=O)(OC[C@H]1O[C@@H](n2ccc(N)nc2=O)CS1)Oc1ccc2c(c1)OCO2. The van der Waals surface area contributed by atoms with Gasteiger partial charge in [0, 0.05) is 18.0 Å². The van der Waals surface area contributed by atoms with E-state index in [1.54, 1.807) is 26.0 Å². The Morgan fingerprint density at radius 1 is 1.31 bits per heavy atom. The summed E-state index contributed by atoms with van der Waals surface area (Å²) in [5.41, 5.74) is 4.42. The number of aromatic nitrogens is 2. The zero-order valence-electron chi connectivity index (χ0n) is 19.8. The Kier molecular flexibility index (Phi) is 8.10. The molecule has 1 aromatic carbocycles. The maximum atomic E-state index is 13.7. The zero-order chi connectivity index (χ0) is 25.9. The normalized spacial score (nSPS) is 21.2. The highest BCUT2D eigenvalue weighted by molar-refractivity contribution is 8.00. The molecule has 196 valence electrons. The molecule has 13 nitrogen and oxygen atoms in total. The molecule has 0 bridgehead atoms. The van der Waals surface area contributed by atoms with Crippen LogP contribution in [0, 0.1) is 0 Å². The van der Waals surface area contributed by atoms with Gasteiger partial charge in [0.1, 0.15) is 29.3 Å². The summed E-state index contributed by atoms with van der Waals surface area (Å²) in [6.45, 7) is 4.79. The van der Waals surface area contributed by atoms with E-state index in [1.165, 1.54) is 41.6 Å². The van der Waals surface area contributed by atoms with Crippen LogP contribution in [-0.2, 0) is 23.4 Å². The molecule has 36 heavy (non-hydrogen) atoms. The highest BCUT2D eigenvalue weighted by atomic mass is 32.2. The number of carbonyl (C=O) groups excluding carboxylic acids is 1. The Morgan fingerprint density at radius 3 is 2.83 bits per heavy atom. The molecule has 1 saturated heterocycles.